The van der Waals surface area contributed by atoms with E-state index in [1.54, 1.807) is 0 Å². The monoisotopic (exact) mass is 244 g/mol. The predicted octanol–water partition coefficient (Wildman–Crippen LogP) is 1.83. The van der Waals surface area contributed by atoms with E-state index in [-0.39, 0.29) is 0 Å². The van der Waals surface area contributed by atoms with Gasteiger partial charge in [-0.3, -0.25) is 0 Å². The molecule has 0 spiro atoms. The standard InChI is InChI=1S/C2HBrF4O2S/c3-2(5,6)1(4)10(8)9-7/h1H. The summed E-state index contributed by atoms with van der Waals surface area (Å²) in [7, 11) is 0. The van der Waals surface area contributed by atoms with Crippen LogP contribution < -0.4 is 0 Å². The zero-order valence-electron chi connectivity index (χ0n) is 4.19. The lowest BCUT2D eigenvalue weighted by Crippen LogP contribution is -2.27. The molecule has 0 bridgehead atoms. The van der Waals surface area contributed by atoms with E-state index in [4.69, 9.17) is 0 Å². The van der Waals surface area contributed by atoms with Gasteiger partial charge in [-0.1, -0.05) is 4.39 Å². The van der Waals surface area contributed by atoms with Gasteiger partial charge in [-0.15, -0.1) is 0 Å². The number of alkyl halides is 4. The summed E-state index contributed by atoms with van der Waals surface area (Å²) >= 11 is -1.73. The molecule has 10 heavy (non-hydrogen) atoms. The largest absolute Gasteiger partial charge is 0.346 e. The third-order valence-corrected chi connectivity index (χ3v) is 1.95. The van der Waals surface area contributed by atoms with E-state index in [9.17, 15) is 21.9 Å². The molecule has 0 fully saturated rings. The van der Waals surface area contributed by atoms with Crippen molar-refractivity contribution in [2.75, 3.05) is 0 Å². The molecule has 0 heterocycles. The van der Waals surface area contributed by atoms with Gasteiger partial charge in [-0.25, -0.2) is 8.60 Å². The summed E-state index contributed by atoms with van der Waals surface area (Å²) in [6.45, 7) is 0. The van der Waals surface area contributed by atoms with Crippen molar-refractivity contribution in [3.05, 3.63) is 0 Å². The van der Waals surface area contributed by atoms with Crippen LogP contribution in [0, 0.1) is 0 Å². The molecule has 0 rings (SSSR count). The van der Waals surface area contributed by atoms with Crippen LogP contribution in [0.25, 0.3) is 0 Å². The van der Waals surface area contributed by atoms with Crippen LogP contribution in [0.15, 0.2) is 0 Å². The smallest absolute Gasteiger partial charge is 0.223 e. The Morgan fingerprint density at radius 2 is 2.00 bits per heavy atom. The molecule has 8 heteroatoms. The highest BCUT2D eigenvalue weighted by atomic mass is 79.9. The van der Waals surface area contributed by atoms with E-state index in [1.807, 2.05) is 0 Å². The quantitative estimate of drug-likeness (QED) is 0.560. The second-order valence-corrected chi connectivity index (χ2v) is 3.30. The molecule has 2 nitrogen and oxygen atoms in total. The number of hydrogen-bond acceptors (Lipinski definition) is 2. The van der Waals surface area contributed by atoms with Gasteiger partial charge < -0.3 is 0 Å². The molecule has 0 aromatic heterocycles. The highest BCUT2D eigenvalue weighted by Gasteiger charge is 2.43. The van der Waals surface area contributed by atoms with Gasteiger partial charge >= 0.3 is 4.83 Å². The Bertz CT molecular complexity index is 136. The lowest BCUT2D eigenvalue weighted by Gasteiger charge is -2.09. The first-order valence-electron chi connectivity index (χ1n) is 1.80. The van der Waals surface area contributed by atoms with Crippen LogP contribution in [0.4, 0.5) is 17.7 Å². The third kappa shape index (κ3) is 2.93. The first-order valence-corrected chi connectivity index (χ1v) is 3.73. The van der Waals surface area contributed by atoms with Crippen LogP contribution >= 0.6 is 15.9 Å². The second kappa shape index (κ2) is 3.63. The van der Waals surface area contributed by atoms with Gasteiger partial charge in [0.1, 0.15) is 0 Å². The Hall–Kier alpha value is 0.310. The summed E-state index contributed by atoms with van der Waals surface area (Å²) in [6.07, 6.45) is 0. The highest BCUT2D eigenvalue weighted by Crippen LogP contribution is 2.30. The van der Waals surface area contributed by atoms with Crippen LogP contribution in [0.1, 0.15) is 0 Å². The molecule has 0 aromatic rings. The van der Waals surface area contributed by atoms with Crippen LogP contribution in [0.3, 0.4) is 0 Å². The van der Waals surface area contributed by atoms with Gasteiger partial charge in [0.05, 0.1) is 0 Å². The van der Waals surface area contributed by atoms with E-state index in [0.717, 1.165) is 0 Å². The Morgan fingerprint density at radius 3 is 2.10 bits per heavy atom. The maximum absolute atomic E-state index is 11.8. The Morgan fingerprint density at radius 1 is 1.60 bits per heavy atom. The summed E-state index contributed by atoms with van der Waals surface area (Å²) in [5.74, 6) is 0. The van der Waals surface area contributed by atoms with Crippen molar-refractivity contribution in [3.63, 3.8) is 0 Å². The highest BCUT2D eigenvalue weighted by molar-refractivity contribution is 9.10. The average Bonchev–Trinajstić information content (AvgIpc) is 1.83. The molecule has 2 atom stereocenters. The van der Waals surface area contributed by atoms with Crippen LogP contribution in [0.2, 0.25) is 0 Å². The molecule has 0 aliphatic heterocycles. The van der Waals surface area contributed by atoms with Gasteiger partial charge in [0.2, 0.25) is 11.1 Å². The lowest BCUT2D eigenvalue weighted by molar-refractivity contribution is -0.00581. The van der Waals surface area contributed by atoms with Crippen molar-refractivity contribution < 1.29 is 26.3 Å². The fourth-order valence-electron chi connectivity index (χ4n) is 0.141. The van der Waals surface area contributed by atoms with E-state index >= 15 is 0 Å². The molecule has 0 saturated carbocycles. The topological polar surface area (TPSA) is 26.3 Å². The van der Waals surface area contributed by atoms with E-state index in [1.165, 1.54) is 15.9 Å². The maximum Gasteiger partial charge on any atom is 0.346 e. The van der Waals surface area contributed by atoms with Gasteiger partial charge in [0.15, 0.2) is 0 Å². The molecular weight excluding hydrogens is 244 g/mol. The van der Waals surface area contributed by atoms with Gasteiger partial charge in [0.25, 0.3) is 5.50 Å². The first-order chi connectivity index (χ1) is 4.39. The molecule has 0 aliphatic carbocycles. The minimum Gasteiger partial charge on any atom is -0.223 e. The Labute approximate surface area is 64.2 Å². The number of halogens is 5. The van der Waals surface area contributed by atoms with Crippen molar-refractivity contribution >= 4 is 27.0 Å². The van der Waals surface area contributed by atoms with Crippen LogP contribution in [-0.4, -0.2) is 14.5 Å². The molecule has 0 aliphatic rings. The second-order valence-electron chi connectivity index (χ2n) is 1.18. The summed E-state index contributed by atoms with van der Waals surface area (Å²) < 4.78 is 58.0. The van der Waals surface area contributed by atoms with Crippen LogP contribution in [-0.2, 0) is 15.5 Å². The fourth-order valence-corrected chi connectivity index (χ4v) is 0.881. The van der Waals surface area contributed by atoms with Crippen LogP contribution in [0.5, 0.6) is 0 Å². The molecule has 0 radical (unpaired) electrons. The van der Waals surface area contributed by atoms with Gasteiger partial charge in [-0.05, 0) is 20.5 Å². The van der Waals surface area contributed by atoms with Crippen molar-refractivity contribution in [3.8, 4) is 0 Å². The average molecular weight is 245 g/mol. The number of hydrogen-bond donors (Lipinski definition) is 0. The maximum atomic E-state index is 11.8. The van der Waals surface area contributed by atoms with E-state index < -0.39 is 21.4 Å². The van der Waals surface area contributed by atoms with Crippen molar-refractivity contribution in [1.29, 1.82) is 0 Å². The summed E-state index contributed by atoms with van der Waals surface area (Å²) in [5, 5.41) is 0. The summed E-state index contributed by atoms with van der Waals surface area (Å²) in [6, 6.07) is 0. The number of rotatable bonds is 3. The summed E-state index contributed by atoms with van der Waals surface area (Å²) in [5.41, 5.74) is -3.21. The molecule has 62 valence electrons. The van der Waals surface area contributed by atoms with Gasteiger partial charge in [-0.2, -0.15) is 8.78 Å². The van der Waals surface area contributed by atoms with Crippen molar-refractivity contribution in [2.45, 2.75) is 10.3 Å². The zero-order chi connectivity index (χ0) is 8.36. The first kappa shape index (κ1) is 10.3. The molecule has 2 unspecified atom stereocenters. The minimum absolute atomic E-state index is 1.54. The molecule has 0 N–H and O–H groups in total. The van der Waals surface area contributed by atoms with Crippen molar-refractivity contribution in [1.82, 2.24) is 0 Å². The lowest BCUT2D eigenvalue weighted by atomic mass is 10.8. The van der Waals surface area contributed by atoms with E-state index in [2.05, 4.69) is 4.39 Å². The third-order valence-electron chi connectivity index (χ3n) is 0.488. The fraction of sp³-hybridized carbons (Fsp3) is 1.00. The SMILES string of the molecule is O=S(OF)C(F)C(F)(F)Br. The minimum atomic E-state index is -4.04. The Kier molecular flexibility index (Phi) is 3.74. The van der Waals surface area contributed by atoms with E-state index in [0.29, 0.717) is 0 Å². The Balaban J connectivity index is 4.08. The van der Waals surface area contributed by atoms with Crippen molar-refractivity contribution in [2.24, 2.45) is 0 Å². The molecule has 0 amide bonds. The normalized spacial score (nSPS) is 18.5. The predicted molar refractivity (Wildman–Crippen MR) is 29.1 cm³/mol. The summed E-state index contributed by atoms with van der Waals surface area (Å²) in [4.78, 5) is -4.04. The zero-order valence-corrected chi connectivity index (χ0v) is 6.59. The molecule has 0 saturated heterocycles. The van der Waals surface area contributed by atoms with Gasteiger partial charge in [0, 0.05) is 0 Å². The molecule has 0 aromatic carbocycles. The molecular formula is C2HBrF4O2S.